The van der Waals surface area contributed by atoms with Crippen molar-refractivity contribution in [3.05, 3.63) is 28.3 Å². The number of carbonyl (C=O) groups is 2. The van der Waals surface area contributed by atoms with Crippen molar-refractivity contribution in [3.8, 4) is 0 Å². The van der Waals surface area contributed by atoms with Gasteiger partial charge in [0.05, 0.1) is 16.8 Å². The zero-order valence-corrected chi connectivity index (χ0v) is 23.0. The lowest BCUT2D eigenvalue weighted by atomic mass is 10.0. The van der Waals surface area contributed by atoms with E-state index in [1.165, 1.54) is 7.05 Å². The highest BCUT2D eigenvalue weighted by molar-refractivity contribution is 14.1. The van der Waals surface area contributed by atoms with Gasteiger partial charge in [-0.2, -0.15) is 4.31 Å². The molecule has 0 spiro atoms. The number of carbonyl (C=O) groups excluding carboxylic acids is 2. The van der Waals surface area contributed by atoms with Crippen LogP contribution in [-0.2, 0) is 26.2 Å². The number of piperazine rings is 1. The van der Waals surface area contributed by atoms with E-state index in [0.717, 1.165) is 60.5 Å². The molecule has 1 aliphatic heterocycles. The molecule has 184 valence electrons. The largest absolute Gasteiger partial charge is 0.328 e. The Morgan fingerprint density at radius 3 is 2.52 bits per heavy atom. The minimum atomic E-state index is -3.45. The van der Waals surface area contributed by atoms with Gasteiger partial charge in [0.2, 0.25) is 21.8 Å². The number of amides is 2. The zero-order chi connectivity index (χ0) is 24.3. The average molecular weight is 611 g/mol. The van der Waals surface area contributed by atoms with Gasteiger partial charge in [0, 0.05) is 49.9 Å². The second kappa shape index (κ2) is 11.2. The molecule has 2 aliphatic rings. The van der Waals surface area contributed by atoms with E-state index >= 15 is 0 Å². The van der Waals surface area contributed by atoms with Gasteiger partial charge in [-0.05, 0) is 43.0 Å². The van der Waals surface area contributed by atoms with Crippen molar-refractivity contribution in [2.45, 2.75) is 43.2 Å². The second-order valence-electron chi connectivity index (χ2n) is 8.99. The smallest absolute Gasteiger partial charge is 0.239 e. The van der Waals surface area contributed by atoms with Crippen LogP contribution in [0.4, 0.5) is 5.69 Å². The van der Waals surface area contributed by atoms with E-state index in [0.29, 0.717) is 29.7 Å². The van der Waals surface area contributed by atoms with Crippen molar-refractivity contribution < 1.29 is 18.0 Å². The fourth-order valence-electron chi connectivity index (χ4n) is 4.37. The van der Waals surface area contributed by atoms with Crippen LogP contribution in [0.15, 0.2) is 12.1 Å². The van der Waals surface area contributed by atoms with Crippen molar-refractivity contribution >= 4 is 61.7 Å². The fourth-order valence-corrected chi connectivity index (χ4v) is 6.07. The summed E-state index contributed by atoms with van der Waals surface area (Å²) >= 11 is 8.70. The van der Waals surface area contributed by atoms with Gasteiger partial charge in [-0.1, -0.05) is 47.0 Å². The number of benzene rings is 1. The number of hydrogen-bond acceptors (Lipinski definition) is 5. The van der Waals surface area contributed by atoms with E-state index in [2.05, 4.69) is 32.8 Å². The maximum absolute atomic E-state index is 12.9. The third-order valence-corrected chi connectivity index (χ3v) is 9.02. The van der Waals surface area contributed by atoms with Crippen molar-refractivity contribution in [2.75, 3.05) is 44.8 Å². The summed E-state index contributed by atoms with van der Waals surface area (Å²) in [6, 6.07) is 3.57. The highest BCUT2D eigenvalue weighted by Crippen LogP contribution is 2.30. The van der Waals surface area contributed by atoms with Crippen molar-refractivity contribution in [1.82, 2.24) is 14.1 Å². The van der Waals surface area contributed by atoms with E-state index in [9.17, 15) is 18.0 Å². The molecule has 0 bridgehead atoms. The van der Waals surface area contributed by atoms with E-state index in [-0.39, 0.29) is 16.5 Å². The molecule has 1 aliphatic carbocycles. The monoisotopic (exact) mass is 610 g/mol. The molecule has 2 amide bonds. The van der Waals surface area contributed by atoms with Crippen LogP contribution in [0.2, 0.25) is 5.02 Å². The average Bonchev–Trinajstić information content (AvgIpc) is 3.25. The van der Waals surface area contributed by atoms with Crippen LogP contribution in [0.5, 0.6) is 0 Å². The van der Waals surface area contributed by atoms with Gasteiger partial charge < -0.3 is 10.2 Å². The molecule has 1 aromatic carbocycles. The summed E-state index contributed by atoms with van der Waals surface area (Å²) < 4.78 is 24.3. The summed E-state index contributed by atoms with van der Waals surface area (Å²) in [5.74, 6) is 0.0667. The summed E-state index contributed by atoms with van der Waals surface area (Å²) in [5.41, 5.74) is 2.46. The van der Waals surface area contributed by atoms with Gasteiger partial charge >= 0.3 is 0 Å². The Hall–Kier alpha value is -0.950. The summed E-state index contributed by atoms with van der Waals surface area (Å²) in [4.78, 5) is 29.6. The van der Waals surface area contributed by atoms with E-state index < -0.39 is 15.9 Å². The van der Waals surface area contributed by atoms with Crippen molar-refractivity contribution in [2.24, 2.45) is 5.92 Å². The van der Waals surface area contributed by atoms with Gasteiger partial charge in [-0.25, -0.2) is 8.42 Å². The summed E-state index contributed by atoms with van der Waals surface area (Å²) in [7, 11) is -2.08. The normalized spacial score (nSPS) is 20.4. The second-order valence-corrected chi connectivity index (χ2v) is 13.0. The molecular formula is C22H32ClIN4O4S. The summed E-state index contributed by atoms with van der Waals surface area (Å²) in [6.45, 7) is 4.57. The number of likely N-dealkylation sites (N-methyl/N-ethyl adjacent to an activating group) is 1. The fraction of sp³-hybridized carbons (Fsp3) is 0.636. The molecule has 1 saturated heterocycles. The lowest BCUT2D eigenvalue weighted by Gasteiger charge is -2.40. The maximum atomic E-state index is 12.9. The Kier molecular flexibility index (Phi) is 9.04. The van der Waals surface area contributed by atoms with Crippen LogP contribution in [0, 0.1) is 12.8 Å². The number of rotatable bonds is 7. The Balaban J connectivity index is 1.64. The maximum Gasteiger partial charge on any atom is 0.239 e. The number of sulfonamides is 1. The molecule has 1 unspecified atom stereocenters. The molecule has 1 N–H and O–H groups in total. The SMILES string of the molecule is Cc1c(CN2CCN(C(=O)C3CCCC3)C(I)C2)cc(Cl)cc1NC(=O)CN(C)S(C)(=O)=O. The topological polar surface area (TPSA) is 90.0 Å². The lowest BCUT2D eigenvalue weighted by molar-refractivity contribution is -0.137. The molecule has 33 heavy (non-hydrogen) atoms. The first kappa shape index (κ1) is 26.7. The Bertz CT molecular complexity index is 1000. The van der Waals surface area contributed by atoms with Crippen molar-refractivity contribution in [3.63, 3.8) is 0 Å². The van der Waals surface area contributed by atoms with Gasteiger partial charge in [0.15, 0.2) is 0 Å². The Morgan fingerprint density at radius 1 is 1.24 bits per heavy atom. The number of alkyl halides is 1. The van der Waals surface area contributed by atoms with Crippen molar-refractivity contribution in [1.29, 1.82) is 0 Å². The van der Waals surface area contributed by atoms with Crippen LogP contribution in [0.3, 0.4) is 0 Å². The third-order valence-electron chi connectivity index (χ3n) is 6.47. The zero-order valence-electron chi connectivity index (χ0n) is 19.3. The minimum Gasteiger partial charge on any atom is -0.328 e. The molecule has 11 heteroatoms. The molecule has 1 heterocycles. The van der Waals surface area contributed by atoms with Gasteiger partial charge in [0.1, 0.15) is 0 Å². The lowest BCUT2D eigenvalue weighted by Crippen LogP contribution is -2.53. The number of anilines is 1. The van der Waals surface area contributed by atoms with Crippen LogP contribution in [0.25, 0.3) is 0 Å². The molecule has 0 aromatic heterocycles. The van der Waals surface area contributed by atoms with Gasteiger partial charge in [0.25, 0.3) is 0 Å². The van der Waals surface area contributed by atoms with Gasteiger partial charge in [-0.15, -0.1) is 0 Å². The van der Waals surface area contributed by atoms with Crippen LogP contribution in [-0.4, -0.2) is 77.9 Å². The first-order valence-corrected chi connectivity index (χ1v) is 14.6. The Morgan fingerprint density at radius 2 is 1.91 bits per heavy atom. The molecule has 1 aromatic rings. The van der Waals surface area contributed by atoms with Gasteiger partial charge in [-0.3, -0.25) is 14.5 Å². The Labute approximate surface area is 215 Å². The predicted octanol–water partition coefficient (Wildman–Crippen LogP) is 3.07. The molecule has 1 atom stereocenters. The highest BCUT2D eigenvalue weighted by Gasteiger charge is 2.34. The first-order chi connectivity index (χ1) is 15.5. The third kappa shape index (κ3) is 7.03. The quantitative estimate of drug-likeness (QED) is 0.291. The molecule has 2 fully saturated rings. The molecule has 3 rings (SSSR count). The molecular weight excluding hydrogens is 579 g/mol. The summed E-state index contributed by atoms with van der Waals surface area (Å²) in [5, 5.41) is 3.29. The van der Waals surface area contributed by atoms with E-state index in [1.807, 2.05) is 17.9 Å². The summed E-state index contributed by atoms with van der Waals surface area (Å²) in [6.07, 6.45) is 5.39. The minimum absolute atomic E-state index is 0.120. The molecule has 0 radical (unpaired) electrons. The number of hydrogen-bond donors (Lipinski definition) is 1. The standard InChI is InChI=1S/C22H32ClIN4O4S/c1-15-17(10-18(23)11-19(15)25-21(29)14-26(2)33(3,31)32)12-27-8-9-28(20(24)13-27)22(30)16-6-4-5-7-16/h10-11,16,20H,4-9,12-14H2,1-3H3,(H,25,29). The van der Waals surface area contributed by atoms with Crippen LogP contribution in [0.1, 0.15) is 36.8 Å². The number of halogens is 2. The number of nitrogens with one attached hydrogen (secondary N) is 1. The molecule has 1 saturated carbocycles. The van der Waals surface area contributed by atoms with Crippen LogP contribution < -0.4 is 5.32 Å². The first-order valence-electron chi connectivity index (χ1n) is 11.1. The van der Waals surface area contributed by atoms with Crippen LogP contribution >= 0.6 is 34.2 Å². The van der Waals surface area contributed by atoms with E-state index in [1.54, 1.807) is 6.07 Å². The highest BCUT2D eigenvalue weighted by atomic mass is 127. The molecule has 8 nitrogen and oxygen atoms in total. The number of nitrogens with zero attached hydrogens (tertiary/aromatic N) is 3. The predicted molar refractivity (Wildman–Crippen MR) is 139 cm³/mol. The van der Waals surface area contributed by atoms with E-state index in [4.69, 9.17) is 11.6 Å².